The summed E-state index contributed by atoms with van der Waals surface area (Å²) in [6, 6.07) is 8.19. The molecule has 2 rings (SSSR count). The first-order valence-electron chi connectivity index (χ1n) is 5.22. The van der Waals surface area contributed by atoms with E-state index < -0.39 is 0 Å². The van der Waals surface area contributed by atoms with Gasteiger partial charge >= 0.3 is 0 Å². The summed E-state index contributed by atoms with van der Waals surface area (Å²) in [5, 5.41) is 5.45. The van der Waals surface area contributed by atoms with Crippen LogP contribution in [0.2, 0.25) is 0 Å². The zero-order valence-corrected chi connectivity index (χ0v) is 11.0. The molecule has 0 aliphatic carbocycles. The van der Waals surface area contributed by atoms with E-state index in [2.05, 4.69) is 28.7 Å². The minimum absolute atomic E-state index is 0.271. The van der Waals surface area contributed by atoms with Crippen LogP contribution in [-0.4, -0.2) is 9.97 Å². The van der Waals surface area contributed by atoms with Crippen molar-refractivity contribution < 1.29 is 0 Å². The molecule has 0 amide bonds. The van der Waals surface area contributed by atoms with Crippen molar-refractivity contribution in [3.63, 3.8) is 0 Å². The molecule has 0 saturated carbocycles. The van der Waals surface area contributed by atoms with Gasteiger partial charge in [0.25, 0.3) is 0 Å². The maximum absolute atomic E-state index is 5.49. The number of rotatable bonds is 4. The van der Waals surface area contributed by atoms with Gasteiger partial charge in [-0.3, -0.25) is 4.98 Å². The van der Waals surface area contributed by atoms with Crippen LogP contribution in [0.15, 0.2) is 35.8 Å². The van der Waals surface area contributed by atoms with Gasteiger partial charge in [-0.15, -0.1) is 11.3 Å². The Balaban J connectivity index is 2.06. The van der Waals surface area contributed by atoms with Gasteiger partial charge in [-0.25, -0.2) is 0 Å². The molecule has 2 aromatic rings. The van der Waals surface area contributed by atoms with E-state index in [0.717, 1.165) is 5.69 Å². The summed E-state index contributed by atoms with van der Waals surface area (Å²) in [6.45, 7) is 2.12. The fourth-order valence-corrected chi connectivity index (χ4v) is 2.34. The van der Waals surface area contributed by atoms with Crippen LogP contribution in [0.4, 0.5) is 5.69 Å². The molecule has 0 aromatic carbocycles. The summed E-state index contributed by atoms with van der Waals surface area (Å²) >= 11 is 6.59. The molecule has 0 fully saturated rings. The lowest BCUT2D eigenvalue weighted by molar-refractivity contribution is 0.906. The van der Waals surface area contributed by atoms with Crippen LogP contribution in [0.1, 0.15) is 23.5 Å². The highest BCUT2D eigenvalue weighted by molar-refractivity contribution is 7.80. The monoisotopic (exact) mass is 263 g/mol. The molecule has 1 unspecified atom stereocenters. The van der Waals surface area contributed by atoms with E-state index >= 15 is 0 Å². The van der Waals surface area contributed by atoms with E-state index in [0.29, 0.717) is 10.7 Å². The molecule has 0 radical (unpaired) electrons. The topological polar surface area (TPSA) is 50.9 Å². The van der Waals surface area contributed by atoms with Crippen LogP contribution in [-0.2, 0) is 0 Å². The molecule has 0 bridgehead atoms. The number of hydrogen-bond donors (Lipinski definition) is 2. The lowest BCUT2D eigenvalue weighted by atomic mass is 10.2. The van der Waals surface area contributed by atoms with E-state index in [-0.39, 0.29) is 6.04 Å². The fourth-order valence-electron chi connectivity index (χ4n) is 1.48. The molecule has 1 atom stereocenters. The van der Waals surface area contributed by atoms with E-state index in [1.807, 2.05) is 18.2 Å². The standard InChI is InChI=1S/C12H13N3S2/c1-8(11-3-2-6-17-11)15-9-4-5-10(12(13)16)14-7-9/h2-8,15H,1H3,(H2,13,16). The Labute approximate surface area is 110 Å². The summed E-state index contributed by atoms with van der Waals surface area (Å²) in [7, 11) is 0. The van der Waals surface area contributed by atoms with Crippen molar-refractivity contribution in [3.8, 4) is 0 Å². The number of pyridine rings is 1. The minimum atomic E-state index is 0.271. The Hall–Kier alpha value is -1.46. The smallest absolute Gasteiger partial charge is 0.122 e. The largest absolute Gasteiger partial charge is 0.388 e. The third kappa shape index (κ3) is 3.01. The van der Waals surface area contributed by atoms with Crippen LogP contribution in [0, 0.1) is 0 Å². The second-order valence-electron chi connectivity index (χ2n) is 3.68. The van der Waals surface area contributed by atoms with E-state index in [9.17, 15) is 0 Å². The summed E-state index contributed by atoms with van der Waals surface area (Å²) in [4.78, 5) is 5.80. The first-order valence-corrected chi connectivity index (χ1v) is 6.51. The van der Waals surface area contributed by atoms with Crippen LogP contribution in [0.3, 0.4) is 0 Å². The summed E-state index contributed by atoms with van der Waals surface area (Å²) in [6.07, 6.45) is 1.75. The average Bonchev–Trinajstić information content (AvgIpc) is 2.83. The third-order valence-corrected chi connectivity index (χ3v) is 3.63. The average molecular weight is 263 g/mol. The lowest BCUT2D eigenvalue weighted by Crippen LogP contribution is -2.12. The maximum atomic E-state index is 5.49. The van der Waals surface area contributed by atoms with Crippen molar-refractivity contribution >= 4 is 34.2 Å². The van der Waals surface area contributed by atoms with Gasteiger partial charge in [0.1, 0.15) is 4.99 Å². The summed E-state index contributed by atoms with van der Waals surface area (Å²) in [5.41, 5.74) is 7.10. The number of aromatic nitrogens is 1. The quantitative estimate of drug-likeness (QED) is 0.833. The Morgan fingerprint density at radius 3 is 2.82 bits per heavy atom. The second kappa shape index (κ2) is 5.25. The van der Waals surface area contributed by atoms with E-state index in [1.165, 1.54) is 4.88 Å². The van der Waals surface area contributed by atoms with Crippen LogP contribution in [0.25, 0.3) is 0 Å². The van der Waals surface area contributed by atoms with Crippen LogP contribution >= 0.6 is 23.6 Å². The predicted octanol–water partition coefficient (Wildman–Crippen LogP) is 2.95. The molecule has 0 aliphatic rings. The van der Waals surface area contributed by atoms with Gasteiger partial charge in [-0.05, 0) is 30.5 Å². The molecule has 88 valence electrons. The number of anilines is 1. The molecular weight excluding hydrogens is 250 g/mol. The highest BCUT2D eigenvalue weighted by Gasteiger charge is 2.06. The van der Waals surface area contributed by atoms with Crippen molar-refractivity contribution in [1.29, 1.82) is 0 Å². The Bertz CT molecular complexity index is 491. The zero-order valence-electron chi connectivity index (χ0n) is 9.38. The van der Waals surface area contributed by atoms with Crippen LogP contribution < -0.4 is 11.1 Å². The van der Waals surface area contributed by atoms with Gasteiger partial charge in [0.05, 0.1) is 23.6 Å². The molecule has 17 heavy (non-hydrogen) atoms. The first-order chi connectivity index (χ1) is 8.16. The molecular formula is C12H13N3S2. The maximum Gasteiger partial charge on any atom is 0.122 e. The Morgan fingerprint density at radius 2 is 2.29 bits per heavy atom. The molecule has 2 aromatic heterocycles. The van der Waals surface area contributed by atoms with Crippen molar-refractivity contribution in [3.05, 3.63) is 46.4 Å². The Kier molecular flexibility index (Phi) is 3.71. The molecule has 0 saturated heterocycles. The van der Waals surface area contributed by atoms with Crippen molar-refractivity contribution in [1.82, 2.24) is 4.98 Å². The van der Waals surface area contributed by atoms with Gasteiger partial charge in [0.2, 0.25) is 0 Å². The summed E-state index contributed by atoms with van der Waals surface area (Å²) in [5.74, 6) is 0. The zero-order chi connectivity index (χ0) is 12.3. The summed E-state index contributed by atoms with van der Waals surface area (Å²) < 4.78 is 0. The number of nitrogens with one attached hydrogen (secondary N) is 1. The fraction of sp³-hybridized carbons (Fsp3) is 0.167. The lowest BCUT2D eigenvalue weighted by Gasteiger charge is -2.13. The molecule has 3 nitrogen and oxygen atoms in total. The van der Waals surface area contributed by atoms with Gasteiger partial charge in [0, 0.05) is 4.88 Å². The SMILES string of the molecule is CC(Nc1ccc(C(N)=S)nc1)c1cccs1. The number of thiocarbonyl (C=S) groups is 1. The number of nitrogens with two attached hydrogens (primary N) is 1. The van der Waals surface area contributed by atoms with Crippen molar-refractivity contribution in [2.24, 2.45) is 5.73 Å². The first kappa shape index (κ1) is 12.0. The highest BCUT2D eigenvalue weighted by Crippen LogP contribution is 2.22. The van der Waals surface area contributed by atoms with Gasteiger partial charge in [-0.2, -0.15) is 0 Å². The number of hydrogen-bond acceptors (Lipinski definition) is 4. The minimum Gasteiger partial charge on any atom is -0.388 e. The molecule has 2 heterocycles. The van der Waals surface area contributed by atoms with Crippen molar-refractivity contribution in [2.45, 2.75) is 13.0 Å². The molecule has 5 heteroatoms. The Morgan fingerprint density at radius 1 is 1.47 bits per heavy atom. The van der Waals surface area contributed by atoms with Crippen LogP contribution in [0.5, 0.6) is 0 Å². The normalized spacial score (nSPS) is 12.1. The van der Waals surface area contributed by atoms with E-state index in [4.69, 9.17) is 18.0 Å². The van der Waals surface area contributed by atoms with Gasteiger partial charge < -0.3 is 11.1 Å². The van der Waals surface area contributed by atoms with E-state index in [1.54, 1.807) is 17.5 Å². The highest BCUT2D eigenvalue weighted by atomic mass is 32.1. The molecule has 3 N–H and O–H groups in total. The number of thiophene rings is 1. The molecule has 0 aliphatic heterocycles. The number of nitrogens with zero attached hydrogens (tertiary/aromatic N) is 1. The third-order valence-electron chi connectivity index (χ3n) is 2.37. The predicted molar refractivity (Wildman–Crippen MR) is 76.5 cm³/mol. The van der Waals surface area contributed by atoms with Crippen molar-refractivity contribution in [2.75, 3.05) is 5.32 Å². The molecule has 0 spiro atoms. The second-order valence-corrected chi connectivity index (χ2v) is 5.10. The van der Waals surface area contributed by atoms with Gasteiger partial charge in [0.15, 0.2) is 0 Å². The van der Waals surface area contributed by atoms with Gasteiger partial charge in [-0.1, -0.05) is 18.3 Å².